The van der Waals surface area contributed by atoms with Crippen molar-refractivity contribution < 1.29 is 14.7 Å². The van der Waals surface area contributed by atoms with Gasteiger partial charge < -0.3 is 5.11 Å². The Morgan fingerprint density at radius 3 is 2.68 bits per heavy atom. The number of rotatable bonds is 4. The van der Waals surface area contributed by atoms with Crippen molar-refractivity contribution in [3.8, 4) is 0 Å². The van der Waals surface area contributed by atoms with Crippen LogP contribution in [0.15, 0.2) is 47.5 Å². The van der Waals surface area contributed by atoms with Crippen LogP contribution in [0.5, 0.6) is 0 Å². The van der Waals surface area contributed by atoms with Crippen LogP contribution < -0.4 is 4.90 Å². The third-order valence-corrected chi connectivity index (χ3v) is 4.40. The van der Waals surface area contributed by atoms with E-state index in [0.717, 1.165) is 4.90 Å². The van der Waals surface area contributed by atoms with Gasteiger partial charge in [0.05, 0.1) is 29.8 Å². The van der Waals surface area contributed by atoms with Gasteiger partial charge in [-0.3, -0.25) is 14.6 Å². The molecule has 1 atom stereocenters. The van der Waals surface area contributed by atoms with Crippen molar-refractivity contribution >= 4 is 46.9 Å². The molecule has 0 radical (unpaired) electrons. The number of halogens is 2. The number of aliphatic hydroxyl groups excluding tert-OH is 1. The summed E-state index contributed by atoms with van der Waals surface area (Å²) in [6.45, 7) is 0.0552. The second kappa shape index (κ2) is 7.35. The molecule has 3 rings (SSSR count). The van der Waals surface area contributed by atoms with Gasteiger partial charge in [-0.2, -0.15) is 0 Å². The van der Waals surface area contributed by atoms with Gasteiger partial charge in [0.2, 0.25) is 5.91 Å². The van der Waals surface area contributed by atoms with E-state index in [1.165, 1.54) is 18.3 Å². The molecule has 0 bridgehead atoms. The lowest BCUT2D eigenvalue weighted by Gasteiger charge is -2.31. The average molecular weight is 377 g/mol. The summed E-state index contributed by atoms with van der Waals surface area (Å²) in [5.74, 6) is -1.67. The number of anilines is 1. The van der Waals surface area contributed by atoms with E-state index in [0.29, 0.717) is 16.1 Å². The number of fused-ring (bicyclic) bond motifs is 1. The van der Waals surface area contributed by atoms with Crippen LogP contribution in [0.1, 0.15) is 21.8 Å². The number of amides is 2. The van der Waals surface area contributed by atoms with Crippen LogP contribution in [0, 0.1) is 0 Å². The van der Waals surface area contributed by atoms with Gasteiger partial charge in [0, 0.05) is 16.8 Å². The molecule has 1 aliphatic rings. The first kappa shape index (κ1) is 17.6. The molecule has 7 heteroatoms. The minimum atomic E-state index is -0.740. The molecule has 128 valence electrons. The molecule has 0 aromatic heterocycles. The zero-order valence-corrected chi connectivity index (χ0v) is 14.5. The number of aliphatic hydroxyl groups is 1. The molecule has 0 spiro atoms. The highest BCUT2D eigenvalue weighted by Gasteiger charge is 2.39. The van der Waals surface area contributed by atoms with Gasteiger partial charge in [0.15, 0.2) is 0 Å². The summed E-state index contributed by atoms with van der Waals surface area (Å²) in [5.41, 5.74) is 1.21. The quantitative estimate of drug-likeness (QED) is 0.657. The smallest absolute Gasteiger partial charge is 0.265 e. The number of imide groups is 1. The SMILES string of the molecule is O=C1c2ccccc2[C@@H](C=NCCO)C(=O)N1c1cc(Cl)ccc1Cl. The van der Waals surface area contributed by atoms with E-state index in [4.69, 9.17) is 28.3 Å². The number of carbonyl (C=O) groups excluding carboxylic acids is 2. The first-order valence-electron chi connectivity index (χ1n) is 7.57. The first-order chi connectivity index (χ1) is 12.0. The zero-order valence-electron chi connectivity index (χ0n) is 13.0. The maximum atomic E-state index is 13.0. The Bertz CT molecular complexity index is 867. The fourth-order valence-corrected chi connectivity index (χ4v) is 3.09. The average Bonchev–Trinajstić information content (AvgIpc) is 2.61. The van der Waals surface area contributed by atoms with Gasteiger partial charge in [-0.05, 0) is 29.8 Å². The van der Waals surface area contributed by atoms with Crippen LogP contribution >= 0.6 is 23.2 Å². The van der Waals surface area contributed by atoms with E-state index in [-0.39, 0.29) is 23.9 Å². The van der Waals surface area contributed by atoms with Crippen molar-refractivity contribution in [3.05, 3.63) is 63.6 Å². The number of hydrogen-bond acceptors (Lipinski definition) is 4. The molecule has 0 unspecified atom stereocenters. The van der Waals surface area contributed by atoms with Gasteiger partial charge in [-0.15, -0.1) is 0 Å². The molecule has 1 N–H and O–H groups in total. The molecule has 1 aliphatic heterocycles. The van der Waals surface area contributed by atoms with Gasteiger partial charge in [0.1, 0.15) is 0 Å². The first-order valence-corrected chi connectivity index (χ1v) is 8.33. The fraction of sp³-hybridized carbons (Fsp3) is 0.167. The van der Waals surface area contributed by atoms with Crippen LogP contribution in [-0.2, 0) is 4.79 Å². The predicted octanol–water partition coefficient (Wildman–Crippen LogP) is 3.33. The Labute approximate surface area is 154 Å². The highest BCUT2D eigenvalue weighted by Crippen LogP contribution is 2.36. The van der Waals surface area contributed by atoms with Crippen molar-refractivity contribution in [2.75, 3.05) is 18.1 Å². The molecule has 0 saturated heterocycles. The summed E-state index contributed by atoms with van der Waals surface area (Å²) in [4.78, 5) is 31.0. The van der Waals surface area contributed by atoms with E-state index in [2.05, 4.69) is 4.99 Å². The standard InChI is InChI=1S/C18H14Cl2N2O3/c19-11-5-6-15(20)16(9-11)22-17(24)13-4-2-1-3-12(13)14(18(22)25)10-21-7-8-23/h1-6,9-10,14,23H,7-8H2/t14-/m1/s1. The maximum absolute atomic E-state index is 13.0. The van der Waals surface area contributed by atoms with Crippen LogP contribution in [-0.4, -0.2) is 36.3 Å². The molecule has 2 aromatic carbocycles. The second-order valence-electron chi connectivity index (χ2n) is 5.42. The highest BCUT2D eigenvalue weighted by molar-refractivity contribution is 6.39. The minimum Gasteiger partial charge on any atom is -0.394 e. The number of aliphatic imine (C=N–C) groups is 1. The Hall–Kier alpha value is -2.21. The predicted molar refractivity (Wildman–Crippen MR) is 97.9 cm³/mol. The zero-order chi connectivity index (χ0) is 18.0. The van der Waals surface area contributed by atoms with Crippen molar-refractivity contribution in [2.45, 2.75) is 5.92 Å². The van der Waals surface area contributed by atoms with Gasteiger partial charge >= 0.3 is 0 Å². The summed E-state index contributed by atoms with van der Waals surface area (Å²) in [6, 6.07) is 11.5. The van der Waals surface area contributed by atoms with E-state index < -0.39 is 17.7 Å². The molecule has 25 heavy (non-hydrogen) atoms. The maximum Gasteiger partial charge on any atom is 0.265 e. The van der Waals surface area contributed by atoms with Gasteiger partial charge in [-0.25, -0.2) is 4.90 Å². The molecule has 0 aliphatic carbocycles. The third-order valence-electron chi connectivity index (χ3n) is 3.85. The minimum absolute atomic E-state index is 0.123. The lowest BCUT2D eigenvalue weighted by molar-refractivity contribution is -0.118. The lowest BCUT2D eigenvalue weighted by atomic mass is 9.89. The summed E-state index contributed by atoms with van der Waals surface area (Å²) < 4.78 is 0. The number of benzene rings is 2. The Morgan fingerprint density at radius 2 is 1.92 bits per heavy atom. The summed E-state index contributed by atoms with van der Waals surface area (Å²) in [6.07, 6.45) is 1.45. The molecule has 1 heterocycles. The molecular weight excluding hydrogens is 363 g/mol. The van der Waals surface area contributed by atoms with E-state index >= 15 is 0 Å². The number of nitrogens with zero attached hydrogens (tertiary/aromatic N) is 2. The highest BCUT2D eigenvalue weighted by atomic mass is 35.5. The molecular formula is C18H14Cl2N2O3. The number of carbonyl (C=O) groups is 2. The van der Waals surface area contributed by atoms with Crippen LogP contribution in [0.3, 0.4) is 0 Å². The molecule has 2 amide bonds. The number of hydrogen-bond donors (Lipinski definition) is 1. The van der Waals surface area contributed by atoms with E-state index in [9.17, 15) is 9.59 Å². The third kappa shape index (κ3) is 3.31. The normalized spacial score (nSPS) is 17.2. The van der Waals surface area contributed by atoms with E-state index in [1.807, 2.05) is 0 Å². The topological polar surface area (TPSA) is 70.0 Å². The molecule has 2 aromatic rings. The summed E-state index contributed by atoms with van der Waals surface area (Å²) in [7, 11) is 0. The fourth-order valence-electron chi connectivity index (χ4n) is 2.72. The van der Waals surface area contributed by atoms with Crippen molar-refractivity contribution in [3.63, 3.8) is 0 Å². The van der Waals surface area contributed by atoms with Crippen molar-refractivity contribution in [1.29, 1.82) is 0 Å². The Balaban J connectivity index is 2.13. The van der Waals surface area contributed by atoms with Crippen LogP contribution in [0.2, 0.25) is 10.0 Å². The monoisotopic (exact) mass is 376 g/mol. The van der Waals surface area contributed by atoms with Gasteiger partial charge in [-0.1, -0.05) is 41.4 Å². The van der Waals surface area contributed by atoms with Gasteiger partial charge in [0.25, 0.3) is 5.91 Å². The van der Waals surface area contributed by atoms with Crippen LogP contribution in [0.25, 0.3) is 0 Å². The van der Waals surface area contributed by atoms with Crippen LogP contribution in [0.4, 0.5) is 5.69 Å². The second-order valence-corrected chi connectivity index (χ2v) is 6.26. The van der Waals surface area contributed by atoms with E-state index in [1.54, 1.807) is 30.3 Å². The van der Waals surface area contributed by atoms with Crippen molar-refractivity contribution in [2.24, 2.45) is 4.99 Å². The molecule has 5 nitrogen and oxygen atoms in total. The lowest BCUT2D eigenvalue weighted by Crippen LogP contribution is -2.45. The Kier molecular flexibility index (Phi) is 5.18. The van der Waals surface area contributed by atoms with Crippen molar-refractivity contribution in [1.82, 2.24) is 0 Å². The molecule has 0 fully saturated rings. The largest absolute Gasteiger partial charge is 0.394 e. The molecule has 0 saturated carbocycles. The Morgan fingerprint density at radius 1 is 1.16 bits per heavy atom. The summed E-state index contributed by atoms with van der Waals surface area (Å²) in [5, 5.41) is 9.51. The summed E-state index contributed by atoms with van der Waals surface area (Å²) >= 11 is 12.2.